The minimum absolute atomic E-state index is 0.0486. The van der Waals surface area contributed by atoms with E-state index in [9.17, 15) is 9.59 Å². The third-order valence-electron chi connectivity index (χ3n) is 2.61. The molecular weight excluding hydrogens is 164 g/mol. The summed E-state index contributed by atoms with van der Waals surface area (Å²) in [7, 11) is 0. The van der Waals surface area contributed by atoms with Crippen molar-refractivity contribution in [2.24, 2.45) is 11.8 Å². The largest absolute Gasteiger partial charge is 0.291 e. The molecule has 0 aromatic carbocycles. The first-order valence-electron chi connectivity index (χ1n) is 5.09. The number of ketones is 2. The van der Waals surface area contributed by atoms with E-state index in [-0.39, 0.29) is 17.5 Å². The molecule has 0 aromatic heterocycles. The van der Waals surface area contributed by atoms with Crippen LogP contribution in [-0.4, -0.2) is 11.6 Å². The van der Waals surface area contributed by atoms with Gasteiger partial charge in [0.05, 0.1) is 0 Å². The smallest absolute Gasteiger partial charge is 0.201 e. The maximum Gasteiger partial charge on any atom is 0.201 e. The van der Waals surface area contributed by atoms with Crippen LogP contribution in [0, 0.1) is 11.8 Å². The molecular formula is C11H20O2. The van der Waals surface area contributed by atoms with Crippen LogP contribution in [0.3, 0.4) is 0 Å². The molecule has 0 rings (SSSR count). The first-order chi connectivity index (χ1) is 6.04. The monoisotopic (exact) mass is 184 g/mol. The van der Waals surface area contributed by atoms with Crippen LogP contribution in [0.1, 0.15) is 47.0 Å². The van der Waals surface area contributed by atoms with E-state index in [1.54, 1.807) is 0 Å². The Balaban J connectivity index is 4.40. The Hall–Kier alpha value is -0.660. The lowest BCUT2D eigenvalue weighted by atomic mass is 9.83. The van der Waals surface area contributed by atoms with Crippen LogP contribution in [0.5, 0.6) is 0 Å². The van der Waals surface area contributed by atoms with Gasteiger partial charge >= 0.3 is 0 Å². The molecule has 0 aromatic rings. The maximum absolute atomic E-state index is 11.5. The molecule has 2 heteroatoms. The van der Waals surface area contributed by atoms with Gasteiger partial charge in [0.25, 0.3) is 0 Å². The van der Waals surface area contributed by atoms with E-state index >= 15 is 0 Å². The highest BCUT2D eigenvalue weighted by molar-refractivity contribution is 6.37. The summed E-state index contributed by atoms with van der Waals surface area (Å²) in [6.07, 6.45) is 2.77. The van der Waals surface area contributed by atoms with Crippen molar-refractivity contribution in [3.63, 3.8) is 0 Å². The fourth-order valence-corrected chi connectivity index (χ4v) is 1.53. The third-order valence-corrected chi connectivity index (χ3v) is 2.61. The second kappa shape index (κ2) is 5.90. The molecule has 2 unspecified atom stereocenters. The standard InChI is InChI=1S/C11H20O2/c1-5-7-10(8(3)6-2)11(13)9(4)12/h8,10H,5-7H2,1-4H3. The summed E-state index contributed by atoms with van der Waals surface area (Å²) in [5.74, 6) is -0.196. The van der Waals surface area contributed by atoms with Crippen LogP contribution < -0.4 is 0 Å². The predicted molar refractivity (Wildman–Crippen MR) is 53.5 cm³/mol. The second-order valence-corrected chi connectivity index (χ2v) is 3.70. The molecule has 0 saturated heterocycles. The molecule has 0 aliphatic heterocycles. The molecule has 0 heterocycles. The van der Waals surface area contributed by atoms with Crippen molar-refractivity contribution in [2.75, 3.05) is 0 Å². The van der Waals surface area contributed by atoms with Crippen LogP contribution in [-0.2, 0) is 9.59 Å². The zero-order valence-corrected chi connectivity index (χ0v) is 9.09. The predicted octanol–water partition coefficient (Wildman–Crippen LogP) is 2.61. The second-order valence-electron chi connectivity index (χ2n) is 3.70. The van der Waals surface area contributed by atoms with Crippen molar-refractivity contribution in [1.29, 1.82) is 0 Å². The molecule has 0 spiro atoms. The molecule has 0 bridgehead atoms. The molecule has 2 nitrogen and oxygen atoms in total. The third kappa shape index (κ3) is 3.71. The van der Waals surface area contributed by atoms with E-state index in [0.29, 0.717) is 5.92 Å². The molecule has 0 aliphatic carbocycles. The molecule has 13 heavy (non-hydrogen) atoms. The van der Waals surface area contributed by atoms with E-state index < -0.39 is 0 Å². The van der Waals surface area contributed by atoms with E-state index in [1.807, 2.05) is 13.8 Å². The summed E-state index contributed by atoms with van der Waals surface area (Å²) >= 11 is 0. The Labute approximate surface area is 80.7 Å². The SMILES string of the molecule is CCCC(C(=O)C(C)=O)C(C)CC. The van der Waals surface area contributed by atoms with Crippen molar-refractivity contribution in [2.45, 2.75) is 47.0 Å². The highest BCUT2D eigenvalue weighted by Gasteiger charge is 2.25. The van der Waals surface area contributed by atoms with Crippen molar-refractivity contribution in [3.05, 3.63) is 0 Å². The molecule has 0 fully saturated rings. The van der Waals surface area contributed by atoms with E-state index in [1.165, 1.54) is 6.92 Å². The molecule has 0 amide bonds. The van der Waals surface area contributed by atoms with Crippen molar-refractivity contribution in [3.8, 4) is 0 Å². The van der Waals surface area contributed by atoms with E-state index in [0.717, 1.165) is 19.3 Å². The summed E-state index contributed by atoms with van der Waals surface area (Å²) in [5.41, 5.74) is 0. The fraction of sp³-hybridized carbons (Fsp3) is 0.818. The zero-order valence-electron chi connectivity index (χ0n) is 9.09. The van der Waals surface area contributed by atoms with Gasteiger partial charge in [-0.1, -0.05) is 33.6 Å². The van der Waals surface area contributed by atoms with E-state index in [2.05, 4.69) is 6.92 Å². The molecule has 0 saturated carbocycles. The van der Waals surface area contributed by atoms with Crippen LogP contribution in [0.2, 0.25) is 0 Å². The number of carbonyl (C=O) groups is 2. The van der Waals surface area contributed by atoms with Gasteiger partial charge in [-0.2, -0.15) is 0 Å². The summed E-state index contributed by atoms with van der Waals surface area (Å²) in [4.78, 5) is 22.4. The van der Waals surface area contributed by atoms with Crippen LogP contribution in [0.25, 0.3) is 0 Å². The summed E-state index contributed by atoms with van der Waals surface area (Å²) in [6, 6.07) is 0. The number of hydrogen-bond acceptors (Lipinski definition) is 2. The number of hydrogen-bond donors (Lipinski definition) is 0. The van der Waals surface area contributed by atoms with Gasteiger partial charge in [-0.05, 0) is 12.3 Å². The Bertz CT molecular complexity index is 185. The Morgan fingerprint density at radius 2 is 1.77 bits per heavy atom. The van der Waals surface area contributed by atoms with Crippen molar-refractivity contribution in [1.82, 2.24) is 0 Å². The van der Waals surface area contributed by atoms with Gasteiger partial charge < -0.3 is 0 Å². The van der Waals surface area contributed by atoms with Crippen LogP contribution >= 0.6 is 0 Å². The van der Waals surface area contributed by atoms with Gasteiger partial charge in [0.2, 0.25) is 5.78 Å². The lowest BCUT2D eigenvalue weighted by Crippen LogP contribution is -2.26. The van der Waals surface area contributed by atoms with Crippen LogP contribution in [0.4, 0.5) is 0 Å². The highest BCUT2D eigenvalue weighted by Crippen LogP contribution is 2.21. The maximum atomic E-state index is 11.5. The van der Waals surface area contributed by atoms with Gasteiger partial charge in [-0.15, -0.1) is 0 Å². The number of carbonyl (C=O) groups excluding carboxylic acids is 2. The number of rotatable bonds is 6. The first kappa shape index (κ1) is 12.3. The quantitative estimate of drug-likeness (QED) is 0.595. The van der Waals surface area contributed by atoms with E-state index in [4.69, 9.17) is 0 Å². The highest BCUT2D eigenvalue weighted by atomic mass is 16.2. The van der Waals surface area contributed by atoms with Gasteiger partial charge in [-0.3, -0.25) is 9.59 Å². The molecule has 76 valence electrons. The van der Waals surface area contributed by atoms with Gasteiger partial charge in [0.1, 0.15) is 0 Å². The van der Waals surface area contributed by atoms with Crippen molar-refractivity contribution >= 4 is 11.6 Å². The van der Waals surface area contributed by atoms with Gasteiger partial charge in [0, 0.05) is 12.8 Å². The number of Topliss-reactive ketones (excluding diaryl/α,β-unsaturated/α-hetero) is 2. The normalized spacial score (nSPS) is 15.1. The molecule has 0 radical (unpaired) electrons. The Morgan fingerprint density at radius 1 is 1.23 bits per heavy atom. The summed E-state index contributed by atoms with van der Waals surface area (Å²) in [6.45, 7) is 7.51. The average molecular weight is 184 g/mol. The van der Waals surface area contributed by atoms with Crippen LogP contribution in [0.15, 0.2) is 0 Å². The lowest BCUT2D eigenvalue weighted by molar-refractivity contribution is -0.139. The van der Waals surface area contributed by atoms with Gasteiger partial charge in [-0.25, -0.2) is 0 Å². The fourth-order valence-electron chi connectivity index (χ4n) is 1.53. The minimum atomic E-state index is -0.293. The topological polar surface area (TPSA) is 34.1 Å². The Morgan fingerprint density at radius 3 is 2.08 bits per heavy atom. The minimum Gasteiger partial charge on any atom is -0.291 e. The molecule has 2 atom stereocenters. The average Bonchev–Trinajstić information content (AvgIpc) is 2.11. The molecule has 0 aliphatic rings. The Kier molecular flexibility index (Phi) is 5.60. The molecule has 0 N–H and O–H groups in total. The van der Waals surface area contributed by atoms with Crippen molar-refractivity contribution < 1.29 is 9.59 Å². The summed E-state index contributed by atoms with van der Waals surface area (Å²) < 4.78 is 0. The zero-order chi connectivity index (χ0) is 10.4. The lowest BCUT2D eigenvalue weighted by Gasteiger charge is -2.19. The van der Waals surface area contributed by atoms with Gasteiger partial charge in [0.15, 0.2) is 5.78 Å². The summed E-state index contributed by atoms with van der Waals surface area (Å²) in [5, 5.41) is 0. The first-order valence-corrected chi connectivity index (χ1v) is 5.09.